The van der Waals surface area contributed by atoms with Crippen molar-refractivity contribution in [2.24, 2.45) is 4.40 Å². The Hall–Kier alpha value is -2.20. The number of carbonyl (C=O) groups excluding carboxylic acids is 1. The second kappa shape index (κ2) is 6.71. The summed E-state index contributed by atoms with van der Waals surface area (Å²) in [4.78, 5) is 22.0. The molecule has 0 N–H and O–H groups in total. The quantitative estimate of drug-likeness (QED) is 0.200. The fourth-order valence-electron chi connectivity index (χ4n) is 1.35. The van der Waals surface area contributed by atoms with Crippen LogP contribution in [-0.4, -0.2) is 50.7 Å². The summed E-state index contributed by atoms with van der Waals surface area (Å²) >= 11 is 5.64. The van der Waals surface area contributed by atoms with Crippen molar-refractivity contribution in [2.45, 2.75) is 4.90 Å². The molecule has 0 amide bonds. The second-order valence-electron chi connectivity index (χ2n) is 4.16. The SMILES string of the molecule is COC(=O)c1ccc(S(=O)(=O)N=C(Cl)N(C)C)c([N+](=O)[O-])c1. The number of esters is 1. The van der Waals surface area contributed by atoms with Crippen LogP contribution in [0.2, 0.25) is 0 Å². The van der Waals surface area contributed by atoms with Crippen LogP contribution in [0.25, 0.3) is 0 Å². The highest BCUT2D eigenvalue weighted by molar-refractivity contribution is 7.90. The lowest BCUT2D eigenvalue weighted by molar-refractivity contribution is -0.387. The first kappa shape index (κ1) is 17.9. The lowest BCUT2D eigenvalue weighted by Gasteiger charge is -2.09. The number of sulfonamides is 1. The van der Waals surface area contributed by atoms with Crippen LogP contribution in [0.4, 0.5) is 5.69 Å². The molecule has 120 valence electrons. The zero-order valence-corrected chi connectivity index (χ0v) is 13.4. The Balaban J connectivity index is 3.51. The average molecular weight is 350 g/mol. The van der Waals surface area contributed by atoms with E-state index in [-0.39, 0.29) is 10.9 Å². The van der Waals surface area contributed by atoms with Gasteiger partial charge in [0.2, 0.25) is 5.29 Å². The van der Waals surface area contributed by atoms with Gasteiger partial charge in [-0.2, -0.15) is 8.42 Å². The Morgan fingerprint density at radius 3 is 2.45 bits per heavy atom. The van der Waals surface area contributed by atoms with Gasteiger partial charge in [0.1, 0.15) is 0 Å². The van der Waals surface area contributed by atoms with Crippen LogP contribution >= 0.6 is 11.6 Å². The molecule has 0 aromatic heterocycles. The smallest absolute Gasteiger partial charge is 0.338 e. The van der Waals surface area contributed by atoms with Crippen LogP contribution < -0.4 is 0 Å². The van der Waals surface area contributed by atoms with Gasteiger partial charge in [-0.1, -0.05) is 0 Å². The van der Waals surface area contributed by atoms with Gasteiger partial charge in [0.05, 0.1) is 17.6 Å². The standard InChI is InChI=1S/C11H12ClN3O6S/c1-14(2)11(12)13-22(19,20)9-5-4-7(10(16)21-3)6-8(9)15(17)18/h4-6H,1-3H3. The summed E-state index contributed by atoms with van der Waals surface area (Å²) in [6.07, 6.45) is 0. The zero-order chi connectivity index (χ0) is 17.1. The van der Waals surface area contributed by atoms with Crippen molar-refractivity contribution in [3.63, 3.8) is 0 Å². The van der Waals surface area contributed by atoms with E-state index in [9.17, 15) is 23.3 Å². The maximum absolute atomic E-state index is 12.1. The topological polar surface area (TPSA) is 119 Å². The third-order valence-corrected chi connectivity index (χ3v) is 4.26. The lowest BCUT2D eigenvalue weighted by atomic mass is 10.2. The number of nitro benzene ring substituents is 1. The molecule has 0 unspecified atom stereocenters. The maximum atomic E-state index is 12.1. The first-order chi connectivity index (χ1) is 10.1. The van der Waals surface area contributed by atoms with Crippen molar-refractivity contribution >= 4 is 38.6 Å². The summed E-state index contributed by atoms with van der Waals surface area (Å²) in [6.45, 7) is 0. The van der Waals surface area contributed by atoms with Crippen molar-refractivity contribution in [2.75, 3.05) is 21.2 Å². The molecule has 1 aromatic carbocycles. The van der Waals surface area contributed by atoms with Gasteiger partial charge in [-0.05, 0) is 23.7 Å². The van der Waals surface area contributed by atoms with E-state index in [1.807, 2.05) is 0 Å². The molecule has 0 heterocycles. The predicted octanol–water partition coefficient (Wildman–Crippen LogP) is 1.23. The number of hydrogen-bond donors (Lipinski definition) is 0. The van der Waals surface area contributed by atoms with E-state index in [2.05, 4.69) is 9.13 Å². The molecular formula is C11H12ClN3O6S. The number of methoxy groups -OCH3 is 1. The molecule has 0 aliphatic carbocycles. The highest BCUT2D eigenvalue weighted by atomic mass is 35.5. The molecule has 0 bridgehead atoms. The van der Waals surface area contributed by atoms with E-state index in [0.29, 0.717) is 0 Å². The number of hydrogen-bond acceptors (Lipinski definition) is 6. The normalized spacial score (nSPS) is 11.9. The van der Waals surface area contributed by atoms with E-state index in [4.69, 9.17) is 11.6 Å². The monoisotopic (exact) mass is 349 g/mol. The van der Waals surface area contributed by atoms with Crippen molar-refractivity contribution < 1.29 is 22.9 Å². The van der Waals surface area contributed by atoms with Gasteiger partial charge < -0.3 is 9.64 Å². The second-order valence-corrected chi connectivity index (χ2v) is 6.07. The molecule has 0 radical (unpaired) electrons. The summed E-state index contributed by atoms with van der Waals surface area (Å²) in [6, 6.07) is 2.80. The number of ether oxygens (including phenoxy) is 1. The molecule has 0 spiro atoms. The Morgan fingerprint density at radius 2 is 2.00 bits per heavy atom. The average Bonchev–Trinajstić information content (AvgIpc) is 2.45. The van der Waals surface area contributed by atoms with Gasteiger partial charge in [0, 0.05) is 20.2 Å². The predicted molar refractivity (Wildman–Crippen MR) is 78.6 cm³/mol. The van der Waals surface area contributed by atoms with Crippen LogP contribution in [0.15, 0.2) is 27.5 Å². The van der Waals surface area contributed by atoms with Crippen molar-refractivity contribution in [1.82, 2.24) is 4.90 Å². The number of benzene rings is 1. The van der Waals surface area contributed by atoms with Crippen molar-refractivity contribution in [1.29, 1.82) is 0 Å². The minimum atomic E-state index is -4.41. The number of rotatable bonds is 4. The molecule has 22 heavy (non-hydrogen) atoms. The van der Waals surface area contributed by atoms with Crippen LogP contribution in [0.3, 0.4) is 0 Å². The number of amidine groups is 1. The molecule has 0 saturated heterocycles. The van der Waals surface area contributed by atoms with Gasteiger partial charge in [-0.3, -0.25) is 10.1 Å². The summed E-state index contributed by atoms with van der Waals surface area (Å²) in [7, 11) is -0.403. The Kier molecular flexibility index (Phi) is 5.44. The van der Waals surface area contributed by atoms with Crippen molar-refractivity contribution in [3.8, 4) is 0 Å². The summed E-state index contributed by atoms with van der Waals surface area (Å²) < 4.78 is 31.9. The molecule has 0 aliphatic rings. The Bertz CT molecular complexity index is 744. The molecule has 1 rings (SSSR count). The molecule has 0 atom stereocenters. The molecule has 0 fully saturated rings. The highest BCUT2D eigenvalue weighted by Gasteiger charge is 2.27. The number of nitrogens with zero attached hydrogens (tertiary/aromatic N) is 3. The third-order valence-electron chi connectivity index (χ3n) is 2.42. The molecular weight excluding hydrogens is 338 g/mol. The number of carbonyl (C=O) groups is 1. The van der Waals surface area contributed by atoms with Crippen LogP contribution in [-0.2, 0) is 14.8 Å². The van der Waals surface area contributed by atoms with Gasteiger partial charge in [-0.25, -0.2) is 4.79 Å². The molecule has 9 nitrogen and oxygen atoms in total. The Labute approximate surface area is 131 Å². The maximum Gasteiger partial charge on any atom is 0.338 e. The number of nitro groups is 1. The fourth-order valence-corrected chi connectivity index (χ4v) is 2.72. The molecule has 1 aromatic rings. The minimum Gasteiger partial charge on any atom is -0.465 e. The molecule has 0 saturated carbocycles. The highest BCUT2D eigenvalue weighted by Crippen LogP contribution is 2.27. The Morgan fingerprint density at radius 1 is 1.41 bits per heavy atom. The fraction of sp³-hybridized carbons (Fsp3) is 0.273. The molecule has 11 heteroatoms. The van der Waals surface area contributed by atoms with Gasteiger partial charge in [0.25, 0.3) is 15.7 Å². The van der Waals surface area contributed by atoms with E-state index in [1.165, 1.54) is 19.0 Å². The summed E-state index contributed by atoms with van der Waals surface area (Å²) in [5.41, 5.74) is -0.953. The number of halogens is 1. The lowest BCUT2D eigenvalue weighted by Crippen LogP contribution is -2.18. The third kappa shape index (κ3) is 3.92. The van der Waals surface area contributed by atoms with Gasteiger partial charge >= 0.3 is 5.97 Å². The summed E-state index contributed by atoms with van der Waals surface area (Å²) in [5.74, 6) is -0.832. The zero-order valence-electron chi connectivity index (χ0n) is 11.8. The summed E-state index contributed by atoms with van der Waals surface area (Å²) in [5, 5.41) is 10.7. The van der Waals surface area contributed by atoms with Crippen LogP contribution in [0.1, 0.15) is 10.4 Å². The first-order valence-corrected chi connectivity index (χ1v) is 7.46. The van der Waals surface area contributed by atoms with E-state index in [0.717, 1.165) is 25.3 Å². The van der Waals surface area contributed by atoms with Crippen LogP contribution in [0, 0.1) is 10.1 Å². The van der Waals surface area contributed by atoms with Gasteiger partial charge in [0.15, 0.2) is 4.90 Å². The minimum absolute atomic E-state index is 0.157. The van der Waals surface area contributed by atoms with Gasteiger partial charge in [-0.15, -0.1) is 4.40 Å². The first-order valence-electron chi connectivity index (χ1n) is 5.64. The molecule has 0 aliphatic heterocycles. The van der Waals surface area contributed by atoms with Crippen molar-refractivity contribution in [3.05, 3.63) is 33.9 Å². The van der Waals surface area contributed by atoms with Crippen LogP contribution in [0.5, 0.6) is 0 Å². The van der Waals surface area contributed by atoms with E-state index in [1.54, 1.807) is 0 Å². The van der Waals surface area contributed by atoms with E-state index < -0.39 is 31.5 Å². The van der Waals surface area contributed by atoms with E-state index >= 15 is 0 Å². The largest absolute Gasteiger partial charge is 0.465 e.